The van der Waals surface area contributed by atoms with E-state index in [1.54, 1.807) is 26.4 Å². The first kappa shape index (κ1) is 45.0. The Hall–Kier alpha value is -4.52. The Morgan fingerprint density at radius 3 is 2.47 bits per heavy atom. The van der Waals surface area contributed by atoms with Crippen LogP contribution < -0.4 is 9.47 Å². The van der Waals surface area contributed by atoms with E-state index in [9.17, 15) is 33.3 Å². The molecule has 3 aliphatic rings. The van der Waals surface area contributed by atoms with Crippen LogP contribution in [0.3, 0.4) is 0 Å². The van der Waals surface area contributed by atoms with Gasteiger partial charge in [-0.3, -0.25) is 9.69 Å². The molecular weight excluding hydrogens is 772 g/mol. The highest BCUT2D eigenvalue weighted by atomic mass is 19.4. The molecule has 0 saturated heterocycles. The lowest BCUT2D eigenvalue weighted by Gasteiger charge is -2.46. The minimum absolute atomic E-state index is 0.0651. The fourth-order valence-corrected chi connectivity index (χ4v) is 9.21. The van der Waals surface area contributed by atoms with Gasteiger partial charge >= 0.3 is 6.18 Å². The Morgan fingerprint density at radius 1 is 0.950 bits per heavy atom. The zero-order chi connectivity index (χ0) is 43.1. The molecule has 3 aliphatic carbocycles. The van der Waals surface area contributed by atoms with Crippen molar-refractivity contribution in [3.05, 3.63) is 142 Å². The number of allylic oxidation sites excluding steroid dienone is 2. The maximum absolute atomic E-state index is 14.5. The van der Waals surface area contributed by atoms with E-state index in [4.69, 9.17) is 14.2 Å². The maximum Gasteiger partial charge on any atom is 0.416 e. The third-order valence-corrected chi connectivity index (χ3v) is 12.6. The monoisotopic (exact) mass is 829 g/mol. The van der Waals surface area contributed by atoms with Crippen molar-refractivity contribution in [1.82, 2.24) is 4.90 Å². The van der Waals surface area contributed by atoms with Gasteiger partial charge in [0, 0.05) is 47.8 Å². The number of halogens is 3. The van der Waals surface area contributed by atoms with Gasteiger partial charge in [0.15, 0.2) is 5.78 Å². The molecule has 60 heavy (non-hydrogen) atoms. The van der Waals surface area contributed by atoms with Crippen LogP contribution in [0.5, 0.6) is 11.5 Å². The number of fused-ring (bicyclic) bond motifs is 8. The van der Waals surface area contributed by atoms with E-state index in [2.05, 4.69) is 13.0 Å². The summed E-state index contributed by atoms with van der Waals surface area (Å²) in [5, 5.41) is 35.6. The Labute approximate surface area is 351 Å². The quantitative estimate of drug-likeness (QED) is 0.0854. The van der Waals surface area contributed by atoms with Gasteiger partial charge in [-0.1, -0.05) is 79.2 Å². The Morgan fingerprint density at radius 2 is 1.73 bits per heavy atom. The van der Waals surface area contributed by atoms with Gasteiger partial charge in [-0.25, -0.2) is 0 Å². The van der Waals surface area contributed by atoms with Crippen molar-refractivity contribution in [3.63, 3.8) is 0 Å². The summed E-state index contributed by atoms with van der Waals surface area (Å²) < 4.78 is 58.7. The molecule has 4 aromatic carbocycles. The topological polar surface area (TPSA) is 109 Å². The Kier molecular flexibility index (Phi) is 14.6. The third kappa shape index (κ3) is 10.7. The minimum Gasteiger partial charge on any atom is -0.497 e. The van der Waals surface area contributed by atoms with Crippen LogP contribution >= 0.6 is 0 Å². The van der Waals surface area contributed by atoms with E-state index in [1.165, 1.54) is 12.1 Å². The molecule has 3 N–H and O–H groups in total. The molecule has 1 saturated carbocycles. The number of nitrogens with zero attached hydrogens (tertiary/aromatic N) is 1. The summed E-state index contributed by atoms with van der Waals surface area (Å²) in [4.78, 5) is 16.5. The predicted molar refractivity (Wildman–Crippen MR) is 225 cm³/mol. The summed E-state index contributed by atoms with van der Waals surface area (Å²) in [6.07, 6.45) is -0.566. The van der Waals surface area contributed by atoms with Gasteiger partial charge < -0.3 is 29.5 Å². The molecular formula is C49H58F3NO7. The van der Waals surface area contributed by atoms with E-state index < -0.39 is 40.7 Å². The lowest BCUT2D eigenvalue weighted by Crippen LogP contribution is -2.53. The van der Waals surface area contributed by atoms with E-state index in [0.29, 0.717) is 74.3 Å². The molecule has 7 rings (SSSR count). The highest BCUT2D eigenvalue weighted by Crippen LogP contribution is 2.59. The highest BCUT2D eigenvalue weighted by Gasteiger charge is 2.57. The summed E-state index contributed by atoms with van der Waals surface area (Å²) in [5.41, 5.74) is 1.41. The number of aliphatic hydroxyl groups is 3. The molecule has 8 nitrogen and oxygen atoms in total. The second-order valence-corrected chi connectivity index (χ2v) is 16.9. The van der Waals surface area contributed by atoms with E-state index in [-0.39, 0.29) is 43.2 Å². The zero-order valence-corrected chi connectivity index (χ0v) is 35.0. The van der Waals surface area contributed by atoms with Crippen LogP contribution in [0.2, 0.25) is 0 Å². The van der Waals surface area contributed by atoms with Gasteiger partial charge in [0.1, 0.15) is 11.5 Å². The average molecular weight is 830 g/mol. The number of methoxy groups -OCH3 is 2. The molecule has 0 heterocycles. The van der Waals surface area contributed by atoms with Gasteiger partial charge in [-0.15, -0.1) is 0 Å². The summed E-state index contributed by atoms with van der Waals surface area (Å²) in [7, 11) is 3.16. The van der Waals surface area contributed by atoms with Gasteiger partial charge in [0.05, 0.1) is 50.8 Å². The first-order valence-corrected chi connectivity index (χ1v) is 20.8. The Bertz CT molecular complexity index is 2110. The number of benzene rings is 4. The number of ketones is 1. The second-order valence-electron chi connectivity index (χ2n) is 16.9. The number of ether oxygens (including phenoxy) is 3. The van der Waals surface area contributed by atoms with Gasteiger partial charge in [-0.05, 0) is 98.7 Å². The smallest absolute Gasteiger partial charge is 0.416 e. The third-order valence-electron chi connectivity index (χ3n) is 12.6. The molecule has 0 unspecified atom stereocenters. The van der Waals surface area contributed by atoms with Gasteiger partial charge in [0.2, 0.25) is 0 Å². The molecule has 0 spiro atoms. The fourth-order valence-electron chi connectivity index (χ4n) is 9.21. The predicted octanol–water partition coefficient (Wildman–Crippen LogP) is 9.07. The minimum atomic E-state index is -4.63. The molecule has 0 aliphatic heterocycles. The molecule has 11 heteroatoms. The van der Waals surface area contributed by atoms with Crippen molar-refractivity contribution >= 4 is 5.78 Å². The maximum atomic E-state index is 14.5. The SMILES string of the molecule is COc1ccc(CN(C[C@@H](O)COCc2ccccc2)C[C@]2(O)CC[C@H]3c4ccc(cc4C(=O)c4cccc(C(F)(F)F)c4)C[C@@H](O)CCC(C)=CCC[C@@]32C)c(OC)c1. The van der Waals surface area contributed by atoms with E-state index in [0.717, 1.165) is 28.8 Å². The van der Waals surface area contributed by atoms with Crippen molar-refractivity contribution < 1.29 is 47.5 Å². The number of rotatable bonds is 14. The van der Waals surface area contributed by atoms with Crippen molar-refractivity contribution in [2.45, 2.75) is 102 Å². The van der Waals surface area contributed by atoms with Crippen LogP contribution in [0.15, 0.2) is 103 Å². The number of aliphatic hydroxyl groups excluding tert-OH is 2. The lowest BCUT2D eigenvalue weighted by molar-refractivity contribution is -0.137. The molecule has 322 valence electrons. The lowest BCUT2D eigenvalue weighted by atomic mass is 9.64. The summed E-state index contributed by atoms with van der Waals surface area (Å²) in [6.45, 7) is 5.15. The van der Waals surface area contributed by atoms with Crippen LogP contribution in [0.1, 0.15) is 102 Å². The number of carbonyl (C=O) groups is 1. The average Bonchev–Trinajstić information content (AvgIpc) is 3.48. The summed E-state index contributed by atoms with van der Waals surface area (Å²) >= 11 is 0. The van der Waals surface area contributed by atoms with Crippen LogP contribution in [-0.2, 0) is 30.5 Å². The number of hydrogen-bond donors (Lipinski definition) is 3. The van der Waals surface area contributed by atoms with Crippen LogP contribution in [-0.4, -0.2) is 77.7 Å². The number of alkyl halides is 3. The summed E-state index contributed by atoms with van der Waals surface area (Å²) in [6, 6.07) is 25.2. The van der Waals surface area contributed by atoms with Crippen LogP contribution in [0, 0.1) is 5.41 Å². The first-order chi connectivity index (χ1) is 28.6. The van der Waals surface area contributed by atoms with E-state index in [1.807, 2.05) is 66.4 Å². The standard InChI is InChI=1S/C49H58F3NO7/c1-33-10-9-22-47(2)44(42-20-16-35(24-39(54)18-15-33)25-43(42)46(56)36-13-8-14-38(26-36)49(50,51)52)21-23-48(47,57)32-53(28-37-17-19-41(58-3)27-45(37)59-4)29-40(55)31-60-30-34-11-6-5-7-12-34/h5-8,10-14,16-17,19-20,25-27,39-40,44,54-55,57H,9,15,18,21-24,28-32H2,1-4H3/t39-,40+,44-,47-,48+/m0/s1. The van der Waals surface area contributed by atoms with Crippen molar-refractivity contribution in [1.29, 1.82) is 0 Å². The fraction of sp³-hybridized carbons (Fsp3) is 0.449. The van der Waals surface area contributed by atoms with Gasteiger partial charge in [0.25, 0.3) is 0 Å². The molecule has 4 aromatic rings. The van der Waals surface area contributed by atoms with Crippen molar-refractivity contribution in [2.75, 3.05) is 33.9 Å². The molecule has 0 amide bonds. The molecule has 0 radical (unpaired) electrons. The largest absolute Gasteiger partial charge is 0.497 e. The number of carbonyl (C=O) groups excluding carboxylic acids is 1. The van der Waals surface area contributed by atoms with Crippen LogP contribution in [0.4, 0.5) is 13.2 Å². The molecule has 0 aromatic heterocycles. The van der Waals surface area contributed by atoms with Crippen LogP contribution in [0.25, 0.3) is 0 Å². The zero-order valence-electron chi connectivity index (χ0n) is 35.0. The number of hydrogen-bond acceptors (Lipinski definition) is 8. The molecule has 2 bridgehead atoms. The van der Waals surface area contributed by atoms with Gasteiger partial charge in [-0.2, -0.15) is 13.2 Å². The normalized spacial score (nSPS) is 22.8. The highest BCUT2D eigenvalue weighted by molar-refractivity contribution is 6.10. The Balaban J connectivity index is 1.38. The first-order valence-electron chi connectivity index (χ1n) is 20.8. The van der Waals surface area contributed by atoms with Crippen molar-refractivity contribution in [2.24, 2.45) is 5.41 Å². The molecule has 1 fully saturated rings. The van der Waals surface area contributed by atoms with E-state index >= 15 is 0 Å². The van der Waals surface area contributed by atoms with Crippen molar-refractivity contribution in [3.8, 4) is 11.5 Å². The molecule has 5 atom stereocenters. The summed E-state index contributed by atoms with van der Waals surface area (Å²) in [5.74, 6) is 0.317. The second kappa shape index (κ2) is 19.5.